The van der Waals surface area contributed by atoms with Gasteiger partial charge in [0.2, 0.25) is 0 Å². The summed E-state index contributed by atoms with van der Waals surface area (Å²) in [6.45, 7) is 4.00. The summed E-state index contributed by atoms with van der Waals surface area (Å²) in [6.07, 6.45) is 3.57. The van der Waals surface area contributed by atoms with Crippen LogP contribution in [0.5, 0.6) is 5.75 Å². The third kappa shape index (κ3) is 2.91. The van der Waals surface area contributed by atoms with Crippen molar-refractivity contribution >= 4 is 12.2 Å². The Morgan fingerprint density at radius 3 is 2.88 bits per heavy atom. The van der Waals surface area contributed by atoms with Crippen molar-refractivity contribution in [3.05, 3.63) is 41.3 Å². The number of nitrogens with one attached hydrogen (secondary N) is 1. The van der Waals surface area contributed by atoms with Gasteiger partial charge in [0.05, 0.1) is 6.10 Å². The summed E-state index contributed by atoms with van der Waals surface area (Å²) < 4.78 is 6.28. The van der Waals surface area contributed by atoms with Crippen molar-refractivity contribution in [2.45, 2.75) is 20.0 Å². The molecule has 3 nitrogen and oxygen atoms in total. The Morgan fingerprint density at radius 2 is 2.18 bits per heavy atom. The van der Waals surface area contributed by atoms with Gasteiger partial charge in [0.1, 0.15) is 16.1 Å². The summed E-state index contributed by atoms with van der Waals surface area (Å²) in [7, 11) is 0. The van der Waals surface area contributed by atoms with Gasteiger partial charge in [0.25, 0.3) is 0 Å². The number of H-pyrrole nitrogens is 1. The van der Waals surface area contributed by atoms with Crippen molar-refractivity contribution < 1.29 is 4.74 Å². The second kappa shape index (κ2) is 5.10. The molecule has 1 N–H and O–H groups in total. The van der Waals surface area contributed by atoms with Crippen molar-refractivity contribution in [1.82, 2.24) is 9.97 Å². The van der Waals surface area contributed by atoms with Crippen LogP contribution in [0.2, 0.25) is 0 Å². The lowest BCUT2D eigenvalue weighted by atomic mass is 10.1. The van der Waals surface area contributed by atoms with E-state index in [1.807, 2.05) is 38.1 Å². The van der Waals surface area contributed by atoms with Gasteiger partial charge in [0, 0.05) is 18.0 Å². The van der Waals surface area contributed by atoms with Gasteiger partial charge in [-0.2, -0.15) is 0 Å². The molecule has 0 atom stereocenters. The van der Waals surface area contributed by atoms with Gasteiger partial charge in [-0.1, -0.05) is 24.4 Å². The molecule has 2 aromatic rings. The fourth-order valence-electron chi connectivity index (χ4n) is 1.55. The minimum Gasteiger partial charge on any atom is -0.491 e. The van der Waals surface area contributed by atoms with Gasteiger partial charge in [0.15, 0.2) is 0 Å². The summed E-state index contributed by atoms with van der Waals surface area (Å²) >= 11 is 5.21. The molecule has 0 bridgehead atoms. The molecular weight excluding hydrogens is 232 g/mol. The quantitative estimate of drug-likeness (QED) is 0.841. The molecule has 0 amide bonds. The molecule has 0 saturated carbocycles. The first-order chi connectivity index (χ1) is 8.16. The topological polar surface area (TPSA) is 37.9 Å². The minimum atomic E-state index is 0.156. The van der Waals surface area contributed by atoms with E-state index in [0.29, 0.717) is 4.64 Å². The molecule has 0 radical (unpaired) electrons. The standard InChI is InChI=1S/C13H14N2OS/c1-9(2)16-11-5-3-4-10(8-11)12-13(17)15-7-6-14-12/h3-9H,1-2H3,(H,15,17). The molecule has 17 heavy (non-hydrogen) atoms. The molecule has 2 rings (SSSR count). The SMILES string of the molecule is CC(C)Oc1cccc(-c2ncc[nH]c2=S)c1. The van der Waals surface area contributed by atoms with Crippen molar-refractivity contribution in [2.24, 2.45) is 0 Å². The predicted octanol–water partition coefficient (Wildman–Crippen LogP) is 3.59. The Kier molecular flexibility index (Phi) is 3.54. The fraction of sp³-hybridized carbons (Fsp3) is 0.231. The zero-order valence-corrected chi connectivity index (χ0v) is 10.6. The average molecular weight is 246 g/mol. The first-order valence-electron chi connectivity index (χ1n) is 5.47. The number of aromatic nitrogens is 2. The zero-order valence-electron chi connectivity index (χ0n) is 9.81. The van der Waals surface area contributed by atoms with Gasteiger partial charge in [-0.25, -0.2) is 0 Å². The van der Waals surface area contributed by atoms with Gasteiger partial charge in [-0.05, 0) is 26.0 Å². The molecule has 0 aliphatic heterocycles. The Bertz CT molecular complexity index is 563. The number of benzene rings is 1. The van der Waals surface area contributed by atoms with Crippen LogP contribution in [0.4, 0.5) is 0 Å². The van der Waals surface area contributed by atoms with E-state index in [0.717, 1.165) is 17.0 Å². The maximum atomic E-state index is 5.64. The molecule has 1 aromatic carbocycles. The molecule has 0 aliphatic rings. The minimum absolute atomic E-state index is 0.156. The molecular formula is C13H14N2OS. The molecule has 4 heteroatoms. The smallest absolute Gasteiger partial charge is 0.129 e. The predicted molar refractivity (Wildman–Crippen MR) is 70.6 cm³/mol. The van der Waals surface area contributed by atoms with Crippen LogP contribution in [0.25, 0.3) is 11.3 Å². The number of hydrogen-bond acceptors (Lipinski definition) is 3. The van der Waals surface area contributed by atoms with Crippen LogP contribution in [0, 0.1) is 4.64 Å². The van der Waals surface area contributed by atoms with Crippen LogP contribution in [0.1, 0.15) is 13.8 Å². The summed E-state index contributed by atoms with van der Waals surface area (Å²) in [4.78, 5) is 7.25. The van der Waals surface area contributed by atoms with Crippen molar-refractivity contribution in [3.63, 3.8) is 0 Å². The fourth-order valence-corrected chi connectivity index (χ4v) is 1.78. The lowest BCUT2D eigenvalue weighted by Gasteiger charge is -2.10. The molecule has 88 valence electrons. The second-order valence-corrected chi connectivity index (χ2v) is 4.37. The Hall–Kier alpha value is -1.68. The van der Waals surface area contributed by atoms with Gasteiger partial charge < -0.3 is 9.72 Å². The first-order valence-corrected chi connectivity index (χ1v) is 5.88. The number of aromatic amines is 1. The van der Waals surface area contributed by atoms with E-state index in [2.05, 4.69) is 9.97 Å². The van der Waals surface area contributed by atoms with Crippen LogP contribution < -0.4 is 4.74 Å². The lowest BCUT2D eigenvalue weighted by Crippen LogP contribution is -2.05. The van der Waals surface area contributed by atoms with Crippen LogP contribution in [0.3, 0.4) is 0 Å². The third-order valence-electron chi connectivity index (χ3n) is 2.19. The highest BCUT2D eigenvalue weighted by Crippen LogP contribution is 2.22. The summed E-state index contributed by atoms with van der Waals surface area (Å²) in [5.74, 6) is 0.831. The zero-order chi connectivity index (χ0) is 12.3. The van der Waals surface area contributed by atoms with Crippen molar-refractivity contribution in [2.75, 3.05) is 0 Å². The van der Waals surface area contributed by atoms with E-state index in [-0.39, 0.29) is 6.10 Å². The number of nitrogens with zero attached hydrogens (tertiary/aromatic N) is 1. The maximum absolute atomic E-state index is 5.64. The maximum Gasteiger partial charge on any atom is 0.129 e. The highest BCUT2D eigenvalue weighted by atomic mass is 32.1. The summed E-state index contributed by atoms with van der Waals surface area (Å²) in [5, 5.41) is 0. The second-order valence-electron chi connectivity index (χ2n) is 3.96. The first kappa shape index (κ1) is 11.8. The van der Waals surface area contributed by atoms with E-state index in [9.17, 15) is 0 Å². The van der Waals surface area contributed by atoms with Crippen LogP contribution >= 0.6 is 12.2 Å². The third-order valence-corrected chi connectivity index (χ3v) is 2.50. The molecule has 1 heterocycles. The van der Waals surface area contributed by atoms with Crippen molar-refractivity contribution in [1.29, 1.82) is 0 Å². The number of rotatable bonds is 3. The van der Waals surface area contributed by atoms with E-state index >= 15 is 0 Å². The van der Waals surface area contributed by atoms with E-state index in [4.69, 9.17) is 17.0 Å². The highest BCUT2D eigenvalue weighted by Gasteiger charge is 2.04. The van der Waals surface area contributed by atoms with Crippen LogP contribution in [-0.2, 0) is 0 Å². The summed E-state index contributed by atoms with van der Waals surface area (Å²) in [5.41, 5.74) is 1.74. The van der Waals surface area contributed by atoms with Gasteiger partial charge in [-0.3, -0.25) is 4.98 Å². The highest BCUT2D eigenvalue weighted by molar-refractivity contribution is 7.71. The average Bonchev–Trinajstić information content (AvgIpc) is 2.29. The molecule has 0 fully saturated rings. The van der Waals surface area contributed by atoms with Crippen LogP contribution in [0.15, 0.2) is 36.7 Å². The number of ether oxygens (including phenoxy) is 1. The molecule has 0 saturated heterocycles. The Morgan fingerprint density at radius 1 is 1.35 bits per heavy atom. The van der Waals surface area contributed by atoms with E-state index in [1.54, 1.807) is 12.4 Å². The summed E-state index contributed by atoms with van der Waals surface area (Å²) in [6, 6.07) is 7.79. The Labute approximate surface area is 105 Å². The van der Waals surface area contributed by atoms with Gasteiger partial charge >= 0.3 is 0 Å². The Balaban J connectivity index is 2.40. The monoisotopic (exact) mass is 246 g/mol. The van der Waals surface area contributed by atoms with Gasteiger partial charge in [-0.15, -0.1) is 0 Å². The van der Waals surface area contributed by atoms with E-state index in [1.165, 1.54) is 0 Å². The molecule has 0 aliphatic carbocycles. The normalized spacial score (nSPS) is 10.5. The van der Waals surface area contributed by atoms with Crippen molar-refractivity contribution in [3.8, 4) is 17.0 Å². The molecule has 1 aromatic heterocycles. The number of hydrogen-bond donors (Lipinski definition) is 1. The van der Waals surface area contributed by atoms with Crippen LogP contribution in [-0.4, -0.2) is 16.1 Å². The largest absolute Gasteiger partial charge is 0.491 e. The lowest BCUT2D eigenvalue weighted by molar-refractivity contribution is 0.242. The molecule has 0 spiro atoms. The molecule has 0 unspecified atom stereocenters. The van der Waals surface area contributed by atoms with E-state index < -0.39 is 0 Å².